The molecule has 2 aromatic heterocycles. The normalized spacial score (nSPS) is 10.0. The third kappa shape index (κ3) is 2.52. The van der Waals surface area contributed by atoms with Crippen molar-refractivity contribution < 1.29 is 0 Å². The predicted octanol–water partition coefficient (Wildman–Crippen LogP) is 2.68. The van der Waals surface area contributed by atoms with Crippen LogP contribution in [0.4, 0.5) is 0 Å². The standard InChI is InChI=1S/C9H6N4S3/c1-14-8-12-13-9(16-8)15-7-6(5-10)3-2-4-11-7/h2-4H,1H3. The summed E-state index contributed by atoms with van der Waals surface area (Å²) in [4.78, 5) is 4.15. The van der Waals surface area contributed by atoms with Crippen LogP contribution in [0.5, 0.6) is 0 Å². The Morgan fingerprint density at radius 2 is 2.19 bits per heavy atom. The summed E-state index contributed by atoms with van der Waals surface area (Å²) in [6.07, 6.45) is 3.62. The lowest BCUT2D eigenvalue weighted by Gasteiger charge is -1.97. The van der Waals surface area contributed by atoms with Crippen molar-refractivity contribution in [3.8, 4) is 6.07 Å². The van der Waals surface area contributed by atoms with Crippen LogP contribution in [0.3, 0.4) is 0 Å². The van der Waals surface area contributed by atoms with Gasteiger partial charge in [0, 0.05) is 6.20 Å². The maximum Gasteiger partial charge on any atom is 0.181 e. The fourth-order valence-electron chi connectivity index (χ4n) is 0.961. The molecule has 0 bridgehead atoms. The van der Waals surface area contributed by atoms with E-state index in [9.17, 15) is 0 Å². The molecule has 0 aliphatic carbocycles. The van der Waals surface area contributed by atoms with Crippen molar-refractivity contribution >= 4 is 34.9 Å². The summed E-state index contributed by atoms with van der Waals surface area (Å²) in [5.41, 5.74) is 0.563. The molecule has 80 valence electrons. The summed E-state index contributed by atoms with van der Waals surface area (Å²) >= 11 is 4.43. The van der Waals surface area contributed by atoms with E-state index in [1.807, 2.05) is 6.26 Å². The van der Waals surface area contributed by atoms with E-state index in [1.165, 1.54) is 23.1 Å². The Balaban J connectivity index is 2.24. The van der Waals surface area contributed by atoms with Gasteiger partial charge in [-0.25, -0.2) is 4.98 Å². The summed E-state index contributed by atoms with van der Waals surface area (Å²) in [5.74, 6) is 0. The largest absolute Gasteiger partial charge is 0.248 e. The first kappa shape index (κ1) is 11.4. The zero-order valence-corrected chi connectivity index (χ0v) is 10.7. The van der Waals surface area contributed by atoms with Gasteiger partial charge in [0.2, 0.25) is 0 Å². The minimum atomic E-state index is 0.563. The van der Waals surface area contributed by atoms with Gasteiger partial charge in [-0.05, 0) is 30.2 Å². The number of thioether (sulfide) groups is 1. The zero-order valence-electron chi connectivity index (χ0n) is 8.25. The van der Waals surface area contributed by atoms with Crippen LogP contribution in [-0.2, 0) is 0 Å². The van der Waals surface area contributed by atoms with E-state index in [0.29, 0.717) is 10.6 Å². The summed E-state index contributed by atoms with van der Waals surface area (Å²) in [6, 6.07) is 5.59. The smallest absolute Gasteiger partial charge is 0.181 e. The quantitative estimate of drug-likeness (QED) is 0.796. The second-order valence-electron chi connectivity index (χ2n) is 2.61. The number of hydrogen-bond acceptors (Lipinski definition) is 7. The van der Waals surface area contributed by atoms with Crippen molar-refractivity contribution in [2.45, 2.75) is 13.7 Å². The molecule has 0 aromatic carbocycles. The van der Waals surface area contributed by atoms with Crippen LogP contribution in [0.2, 0.25) is 0 Å². The number of nitrogens with zero attached hydrogens (tertiary/aromatic N) is 4. The molecule has 7 heteroatoms. The SMILES string of the molecule is CSc1nnc(Sc2ncccc2C#N)s1. The highest BCUT2D eigenvalue weighted by atomic mass is 32.2. The minimum Gasteiger partial charge on any atom is -0.248 e. The van der Waals surface area contributed by atoms with E-state index in [0.717, 1.165) is 8.68 Å². The van der Waals surface area contributed by atoms with E-state index in [2.05, 4.69) is 21.3 Å². The van der Waals surface area contributed by atoms with E-state index >= 15 is 0 Å². The highest BCUT2D eigenvalue weighted by Gasteiger charge is 2.09. The van der Waals surface area contributed by atoms with Crippen molar-refractivity contribution in [2.75, 3.05) is 6.26 Å². The third-order valence-electron chi connectivity index (χ3n) is 1.64. The summed E-state index contributed by atoms with van der Waals surface area (Å²) < 4.78 is 1.72. The first-order valence-electron chi connectivity index (χ1n) is 4.24. The Labute approximate surface area is 105 Å². The van der Waals surface area contributed by atoms with Gasteiger partial charge in [0.1, 0.15) is 11.1 Å². The van der Waals surface area contributed by atoms with Gasteiger partial charge in [0.25, 0.3) is 0 Å². The molecule has 0 aliphatic heterocycles. The molecular formula is C9H6N4S3. The monoisotopic (exact) mass is 266 g/mol. The molecule has 0 fully saturated rings. The van der Waals surface area contributed by atoms with Gasteiger partial charge in [0.15, 0.2) is 8.68 Å². The van der Waals surface area contributed by atoms with E-state index in [1.54, 1.807) is 30.1 Å². The lowest BCUT2D eigenvalue weighted by molar-refractivity contribution is 0.953. The van der Waals surface area contributed by atoms with Gasteiger partial charge in [0.05, 0.1) is 5.56 Å². The molecule has 0 unspecified atom stereocenters. The molecular weight excluding hydrogens is 260 g/mol. The summed E-state index contributed by atoms with van der Waals surface area (Å²) in [7, 11) is 0. The molecule has 2 aromatic rings. The average molecular weight is 266 g/mol. The molecule has 0 N–H and O–H groups in total. The Bertz CT molecular complexity index is 532. The van der Waals surface area contributed by atoms with Crippen molar-refractivity contribution in [1.82, 2.24) is 15.2 Å². The van der Waals surface area contributed by atoms with Crippen LogP contribution < -0.4 is 0 Å². The number of aromatic nitrogens is 3. The molecule has 0 amide bonds. The van der Waals surface area contributed by atoms with Crippen LogP contribution in [0, 0.1) is 11.3 Å². The van der Waals surface area contributed by atoms with Gasteiger partial charge >= 0.3 is 0 Å². The van der Waals surface area contributed by atoms with Crippen LogP contribution in [0.15, 0.2) is 32.0 Å². The molecule has 0 spiro atoms. The number of rotatable bonds is 3. The maximum absolute atomic E-state index is 8.91. The molecule has 4 nitrogen and oxygen atoms in total. The zero-order chi connectivity index (χ0) is 11.4. The van der Waals surface area contributed by atoms with E-state index < -0.39 is 0 Å². The number of hydrogen-bond donors (Lipinski definition) is 0. The van der Waals surface area contributed by atoms with E-state index in [-0.39, 0.29) is 0 Å². The molecule has 2 rings (SSSR count). The Morgan fingerprint density at radius 1 is 1.38 bits per heavy atom. The highest BCUT2D eigenvalue weighted by molar-refractivity contribution is 8.03. The minimum absolute atomic E-state index is 0.563. The Hall–Kier alpha value is -1.10. The molecule has 0 saturated carbocycles. The second kappa shape index (κ2) is 5.30. The highest BCUT2D eigenvalue weighted by Crippen LogP contribution is 2.32. The Morgan fingerprint density at radius 3 is 2.88 bits per heavy atom. The molecule has 0 saturated heterocycles. The first-order chi connectivity index (χ1) is 7.83. The molecule has 0 atom stereocenters. The third-order valence-corrected chi connectivity index (χ3v) is 4.61. The average Bonchev–Trinajstić information content (AvgIpc) is 2.77. The van der Waals surface area contributed by atoms with Gasteiger partial charge in [-0.1, -0.05) is 23.1 Å². The lowest BCUT2D eigenvalue weighted by atomic mass is 10.3. The van der Waals surface area contributed by atoms with Gasteiger partial charge in [-0.15, -0.1) is 10.2 Å². The number of pyridine rings is 1. The molecule has 16 heavy (non-hydrogen) atoms. The molecule has 0 aliphatic rings. The summed E-state index contributed by atoms with van der Waals surface area (Å²) in [5, 5.41) is 17.6. The van der Waals surface area contributed by atoms with Crippen molar-refractivity contribution in [3.63, 3.8) is 0 Å². The Kier molecular flexibility index (Phi) is 3.77. The van der Waals surface area contributed by atoms with Gasteiger partial charge < -0.3 is 0 Å². The predicted molar refractivity (Wildman–Crippen MR) is 64.8 cm³/mol. The fourth-order valence-corrected chi connectivity index (χ4v) is 3.35. The maximum atomic E-state index is 8.91. The molecule has 2 heterocycles. The number of nitriles is 1. The van der Waals surface area contributed by atoms with Crippen LogP contribution >= 0.6 is 34.9 Å². The van der Waals surface area contributed by atoms with Crippen molar-refractivity contribution in [2.24, 2.45) is 0 Å². The van der Waals surface area contributed by atoms with Gasteiger partial charge in [-0.2, -0.15) is 5.26 Å². The van der Waals surface area contributed by atoms with Crippen LogP contribution in [-0.4, -0.2) is 21.4 Å². The topological polar surface area (TPSA) is 62.5 Å². The van der Waals surface area contributed by atoms with E-state index in [4.69, 9.17) is 5.26 Å². The van der Waals surface area contributed by atoms with Crippen LogP contribution in [0.25, 0.3) is 0 Å². The summed E-state index contributed by atoms with van der Waals surface area (Å²) in [6.45, 7) is 0. The van der Waals surface area contributed by atoms with Gasteiger partial charge in [-0.3, -0.25) is 0 Å². The fraction of sp³-hybridized carbons (Fsp3) is 0.111. The van der Waals surface area contributed by atoms with Crippen molar-refractivity contribution in [3.05, 3.63) is 23.9 Å². The lowest BCUT2D eigenvalue weighted by Crippen LogP contribution is -1.84. The second-order valence-corrected chi connectivity index (χ2v) is 5.87. The first-order valence-corrected chi connectivity index (χ1v) is 7.09. The molecule has 0 radical (unpaired) electrons. The van der Waals surface area contributed by atoms with Crippen LogP contribution in [0.1, 0.15) is 5.56 Å². The van der Waals surface area contributed by atoms with Crippen molar-refractivity contribution in [1.29, 1.82) is 5.26 Å².